The molecule has 1 aromatic heterocycles. The Labute approximate surface area is 115 Å². The van der Waals surface area contributed by atoms with Crippen molar-refractivity contribution in [2.24, 2.45) is 0 Å². The summed E-state index contributed by atoms with van der Waals surface area (Å²) in [6, 6.07) is 2.12. The van der Waals surface area contributed by atoms with Crippen molar-refractivity contribution in [3.8, 4) is 0 Å². The van der Waals surface area contributed by atoms with Gasteiger partial charge in [0.25, 0.3) is 0 Å². The molecular weight excluding hydrogens is 241 g/mol. The molecule has 1 aliphatic rings. The molecule has 2 heterocycles. The van der Waals surface area contributed by atoms with Gasteiger partial charge in [-0.2, -0.15) is 0 Å². The Morgan fingerprint density at radius 3 is 2.95 bits per heavy atom. The second kappa shape index (κ2) is 5.97. The van der Waals surface area contributed by atoms with E-state index in [0.717, 1.165) is 25.2 Å². The van der Waals surface area contributed by atoms with E-state index in [4.69, 9.17) is 0 Å². The minimum Gasteiger partial charge on any atom is -0.311 e. The van der Waals surface area contributed by atoms with Crippen molar-refractivity contribution in [1.29, 1.82) is 0 Å². The highest BCUT2D eigenvalue weighted by Gasteiger charge is 2.33. The van der Waals surface area contributed by atoms with Gasteiger partial charge in [-0.3, -0.25) is 9.88 Å². The molecule has 3 nitrogen and oxygen atoms in total. The van der Waals surface area contributed by atoms with Gasteiger partial charge in [-0.15, -0.1) is 0 Å². The molecule has 1 fully saturated rings. The zero-order valence-electron chi connectivity index (χ0n) is 12.1. The largest absolute Gasteiger partial charge is 0.311 e. The van der Waals surface area contributed by atoms with Crippen LogP contribution in [0.25, 0.3) is 0 Å². The molecule has 0 bridgehead atoms. The first kappa shape index (κ1) is 14.4. The third-order valence-corrected chi connectivity index (χ3v) is 3.89. The summed E-state index contributed by atoms with van der Waals surface area (Å²) in [5.74, 6) is -0.254. The van der Waals surface area contributed by atoms with Crippen LogP contribution in [0, 0.1) is 5.82 Å². The molecule has 0 aromatic carbocycles. The Kier molecular flexibility index (Phi) is 4.53. The van der Waals surface area contributed by atoms with Crippen molar-refractivity contribution in [2.45, 2.75) is 51.7 Å². The summed E-state index contributed by atoms with van der Waals surface area (Å²) in [6.07, 6.45) is 5.39. The molecule has 1 atom stereocenters. The number of hydrogen-bond donors (Lipinski definition) is 1. The highest BCUT2D eigenvalue weighted by Crippen LogP contribution is 2.22. The van der Waals surface area contributed by atoms with Gasteiger partial charge >= 0.3 is 0 Å². The highest BCUT2D eigenvalue weighted by molar-refractivity contribution is 5.11. The van der Waals surface area contributed by atoms with Crippen LogP contribution in [0.5, 0.6) is 0 Å². The highest BCUT2D eigenvalue weighted by atomic mass is 19.1. The van der Waals surface area contributed by atoms with Crippen LogP contribution in [0.15, 0.2) is 18.5 Å². The standard InChI is InChI=1S/C15H24FN3/c1-4-5-14-10-19(15(2,3)11-18-14)9-12-6-13(16)8-17-7-12/h6-8,14,18H,4-5,9-11H2,1-3H3. The van der Waals surface area contributed by atoms with Crippen LogP contribution in [-0.4, -0.2) is 34.6 Å². The monoisotopic (exact) mass is 265 g/mol. The molecule has 1 aliphatic heterocycles. The Bertz CT molecular complexity index is 420. The number of nitrogens with zero attached hydrogens (tertiary/aromatic N) is 2. The summed E-state index contributed by atoms with van der Waals surface area (Å²) in [4.78, 5) is 6.37. The second-order valence-corrected chi connectivity index (χ2v) is 6.07. The van der Waals surface area contributed by atoms with Gasteiger partial charge in [0.2, 0.25) is 0 Å². The summed E-state index contributed by atoms with van der Waals surface area (Å²) in [7, 11) is 0. The lowest BCUT2D eigenvalue weighted by Gasteiger charge is -2.46. The molecule has 2 rings (SSSR count). The number of nitrogens with one attached hydrogen (secondary N) is 1. The van der Waals surface area contributed by atoms with Crippen LogP contribution in [0.4, 0.5) is 4.39 Å². The molecule has 0 spiro atoms. The van der Waals surface area contributed by atoms with E-state index in [1.807, 2.05) is 0 Å². The van der Waals surface area contributed by atoms with Crippen molar-refractivity contribution < 1.29 is 4.39 Å². The summed E-state index contributed by atoms with van der Waals surface area (Å²) in [6.45, 7) is 9.42. The van der Waals surface area contributed by atoms with Gasteiger partial charge in [-0.25, -0.2) is 4.39 Å². The molecule has 106 valence electrons. The lowest BCUT2D eigenvalue weighted by Crippen LogP contribution is -2.61. The van der Waals surface area contributed by atoms with Gasteiger partial charge in [-0.05, 0) is 31.9 Å². The van der Waals surface area contributed by atoms with Gasteiger partial charge in [-0.1, -0.05) is 13.3 Å². The maximum Gasteiger partial charge on any atom is 0.141 e. The van der Waals surface area contributed by atoms with Gasteiger partial charge < -0.3 is 5.32 Å². The summed E-state index contributed by atoms with van der Waals surface area (Å²) >= 11 is 0. The van der Waals surface area contributed by atoms with E-state index in [2.05, 4.69) is 36.0 Å². The molecule has 0 radical (unpaired) electrons. The van der Waals surface area contributed by atoms with E-state index < -0.39 is 0 Å². The Hall–Kier alpha value is -1.00. The van der Waals surface area contributed by atoms with Crippen LogP contribution in [-0.2, 0) is 6.54 Å². The Morgan fingerprint density at radius 2 is 2.26 bits per heavy atom. The Balaban J connectivity index is 2.06. The summed E-state index contributed by atoms with van der Waals surface area (Å²) in [5, 5.41) is 3.61. The van der Waals surface area contributed by atoms with Crippen molar-refractivity contribution >= 4 is 0 Å². The molecule has 1 saturated heterocycles. The van der Waals surface area contributed by atoms with Crippen molar-refractivity contribution in [1.82, 2.24) is 15.2 Å². The molecule has 1 N–H and O–H groups in total. The maximum absolute atomic E-state index is 13.2. The number of rotatable bonds is 4. The lowest BCUT2D eigenvalue weighted by atomic mass is 9.95. The SMILES string of the molecule is CCCC1CN(Cc2cncc(F)c2)C(C)(C)CN1. The minimum absolute atomic E-state index is 0.0938. The quantitative estimate of drug-likeness (QED) is 0.907. The second-order valence-electron chi connectivity index (χ2n) is 6.07. The van der Waals surface area contributed by atoms with Crippen LogP contribution < -0.4 is 5.32 Å². The topological polar surface area (TPSA) is 28.2 Å². The normalized spacial score (nSPS) is 23.5. The number of aromatic nitrogens is 1. The average molecular weight is 265 g/mol. The Morgan fingerprint density at radius 1 is 1.47 bits per heavy atom. The average Bonchev–Trinajstić information content (AvgIpc) is 2.34. The van der Waals surface area contributed by atoms with E-state index >= 15 is 0 Å². The fourth-order valence-corrected chi connectivity index (χ4v) is 2.67. The third kappa shape index (κ3) is 3.74. The van der Waals surface area contributed by atoms with Crippen LogP contribution >= 0.6 is 0 Å². The third-order valence-electron chi connectivity index (χ3n) is 3.89. The predicted octanol–water partition coefficient (Wildman–Crippen LogP) is 2.57. The number of halogens is 1. The predicted molar refractivity (Wildman–Crippen MR) is 75.4 cm³/mol. The van der Waals surface area contributed by atoms with Gasteiger partial charge in [0.1, 0.15) is 5.82 Å². The molecule has 4 heteroatoms. The van der Waals surface area contributed by atoms with E-state index in [9.17, 15) is 4.39 Å². The van der Waals surface area contributed by atoms with Crippen LogP contribution in [0.1, 0.15) is 39.2 Å². The number of hydrogen-bond acceptors (Lipinski definition) is 3. The van der Waals surface area contributed by atoms with Crippen LogP contribution in [0.3, 0.4) is 0 Å². The summed E-state index contributed by atoms with van der Waals surface area (Å²) in [5.41, 5.74) is 1.04. The zero-order valence-corrected chi connectivity index (χ0v) is 12.1. The molecule has 1 unspecified atom stereocenters. The molecule has 0 saturated carbocycles. The molecule has 0 amide bonds. The molecule has 1 aromatic rings. The number of pyridine rings is 1. The van der Waals surface area contributed by atoms with E-state index in [1.165, 1.54) is 19.0 Å². The fraction of sp³-hybridized carbons (Fsp3) is 0.667. The van der Waals surface area contributed by atoms with Gasteiger partial charge in [0, 0.05) is 37.4 Å². The molecule has 0 aliphatic carbocycles. The molecular formula is C15H24FN3. The fourth-order valence-electron chi connectivity index (χ4n) is 2.67. The number of piperazine rings is 1. The first-order valence-electron chi connectivity index (χ1n) is 7.09. The van der Waals surface area contributed by atoms with E-state index in [0.29, 0.717) is 6.04 Å². The minimum atomic E-state index is -0.254. The first-order valence-corrected chi connectivity index (χ1v) is 7.09. The first-order chi connectivity index (χ1) is 9.01. The van der Waals surface area contributed by atoms with Crippen molar-refractivity contribution in [3.63, 3.8) is 0 Å². The van der Waals surface area contributed by atoms with Gasteiger partial charge in [0.15, 0.2) is 0 Å². The van der Waals surface area contributed by atoms with E-state index in [1.54, 1.807) is 12.3 Å². The summed E-state index contributed by atoms with van der Waals surface area (Å²) < 4.78 is 13.2. The van der Waals surface area contributed by atoms with Crippen molar-refractivity contribution in [2.75, 3.05) is 13.1 Å². The maximum atomic E-state index is 13.2. The van der Waals surface area contributed by atoms with E-state index in [-0.39, 0.29) is 11.4 Å². The zero-order chi connectivity index (χ0) is 13.9. The van der Waals surface area contributed by atoms with Crippen LogP contribution in [0.2, 0.25) is 0 Å². The smallest absolute Gasteiger partial charge is 0.141 e. The molecule has 19 heavy (non-hydrogen) atoms. The van der Waals surface area contributed by atoms with Gasteiger partial charge in [0.05, 0.1) is 6.20 Å². The van der Waals surface area contributed by atoms with Crippen molar-refractivity contribution in [3.05, 3.63) is 29.8 Å². The lowest BCUT2D eigenvalue weighted by molar-refractivity contribution is 0.0562.